The van der Waals surface area contributed by atoms with Gasteiger partial charge in [0.1, 0.15) is 11.1 Å². The quantitative estimate of drug-likeness (QED) is 0.670. The van der Waals surface area contributed by atoms with Crippen molar-refractivity contribution in [2.24, 2.45) is 0 Å². The van der Waals surface area contributed by atoms with Crippen molar-refractivity contribution in [1.82, 2.24) is 4.98 Å². The molecule has 1 atom stereocenters. The van der Waals surface area contributed by atoms with Crippen LogP contribution in [0.3, 0.4) is 0 Å². The Morgan fingerprint density at radius 1 is 1.53 bits per heavy atom. The lowest BCUT2D eigenvalue weighted by atomic mass is 10.2. The molecule has 0 aliphatic heterocycles. The molecule has 0 N–H and O–H groups in total. The largest absolute Gasteiger partial charge is 0.480 e. The normalized spacial score (nSPS) is 12.4. The van der Waals surface area contributed by atoms with Crippen LogP contribution in [0.1, 0.15) is 30.2 Å². The van der Waals surface area contributed by atoms with Crippen LogP contribution in [0, 0.1) is 5.82 Å². The van der Waals surface area contributed by atoms with Crippen LogP contribution in [-0.4, -0.2) is 4.98 Å². The van der Waals surface area contributed by atoms with Crippen LogP contribution in [0.25, 0.3) is 0 Å². The van der Waals surface area contributed by atoms with Crippen LogP contribution in [0.5, 0.6) is 5.75 Å². The van der Waals surface area contributed by atoms with Gasteiger partial charge in [-0.25, -0.2) is 9.37 Å². The average molecular weight is 365 g/mol. The first-order valence-electron chi connectivity index (χ1n) is 5.76. The third kappa shape index (κ3) is 3.68. The first-order valence-corrected chi connectivity index (χ1v) is 7.96. The highest BCUT2D eigenvalue weighted by molar-refractivity contribution is 9.10. The summed E-state index contributed by atoms with van der Waals surface area (Å²) in [7, 11) is 0. The summed E-state index contributed by atoms with van der Waals surface area (Å²) in [5.74, 6) is 0.221. The second kappa shape index (κ2) is 6.68. The smallest absolute Gasteiger partial charge is 0.166 e. The van der Waals surface area contributed by atoms with Crippen molar-refractivity contribution in [3.8, 4) is 5.75 Å². The Kier molecular flexibility index (Phi) is 5.19. The maximum absolute atomic E-state index is 13.7. The van der Waals surface area contributed by atoms with Crippen molar-refractivity contribution in [3.63, 3.8) is 0 Å². The fourth-order valence-electron chi connectivity index (χ4n) is 1.56. The molecule has 1 heterocycles. The summed E-state index contributed by atoms with van der Waals surface area (Å²) in [6.45, 7) is 1.98. The van der Waals surface area contributed by atoms with Gasteiger partial charge in [-0.2, -0.15) is 0 Å². The van der Waals surface area contributed by atoms with E-state index in [-0.39, 0.29) is 17.7 Å². The van der Waals surface area contributed by atoms with Crippen molar-refractivity contribution in [3.05, 3.63) is 44.6 Å². The molecule has 2 nitrogen and oxygen atoms in total. The Morgan fingerprint density at radius 3 is 2.89 bits per heavy atom. The van der Waals surface area contributed by atoms with Crippen LogP contribution in [0.4, 0.5) is 4.39 Å². The third-order valence-electron chi connectivity index (χ3n) is 2.52. The summed E-state index contributed by atoms with van der Waals surface area (Å²) in [6, 6.07) is 4.74. The topological polar surface area (TPSA) is 22.1 Å². The van der Waals surface area contributed by atoms with E-state index in [0.29, 0.717) is 16.8 Å². The van der Waals surface area contributed by atoms with E-state index in [2.05, 4.69) is 20.9 Å². The molecule has 0 amide bonds. The van der Waals surface area contributed by atoms with Gasteiger partial charge in [-0.05, 0) is 24.6 Å². The standard InChI is InChI=1S/C13H12BrClFNOS/c1-2-11(13-17-9(6-15)7-19-13)18-12-4-3-8(14)5-10(12)16/h3-5,7,11H,2,6H2,1H3. The van der Waals surface area contributed by atoms with E-state index in [0.717, 1.165) is 10.7 Å². The maximum atomic E-state index is 13.7. The second-order valence-electron chi connectivity index (χ2n) is 3.90. The van der Waals surface area contributed by atoms with Gasteiger partial charge in [0.05, 0.1) is 11.6 Å². The number of thiazole rings is 1. The fraction of sp³-hybridized carbons (Fsp3) is 0.308. The number of aromatic nitrogens is 1. The Hall–Kier alpha value is -0.650. The second-order valence-corrected chi connectivity index (χ2v) is 5.97. The van der Waals surface area contributed by atoms with Gasteiger partial charge in [-0.15, -0.1) is 22.9 Å². The number of hydrogen-bond donors (Lipinski definition) is 0. The molecule has 2 aromatic rings. The van der Waals surface area contributed by atoms with Gasteiger partial charge in [0.15, 0.2) is 11.6 Å². The molecule has 0 saturated heterocycles. The highest BCUT2D eigenvalue weighted by Gasteiger charge is 2.17. The SMILES string of the molecule is CCC(Oc1ccc(Br)cc1F)c1nc(CCl)cs1. The van der Waals surface area contributed by atoms with E-state index in [1.54, 1.807) is 12.1 Å². The number of ether oxygens (including phenoxy) is 1. The fourth-order valence-corrected chi connectivity index (χ4v) is 3.06. The minimum atomic E-state index is -0.387. The van der Waals surface area contributed by atoms with Crippen molar-refractivity contribution < 1.29 is 9.13 Å². The average Bonchev–Trinajstić information content (AvgIpc) is 2.86. The van der Waals surface area contributed by atoms with Crippen LogP contribution >= 0.6 is 38.9 Å². The number of benzene rings is 1. The molecule has 0 saturated carbocycles. The number of nitrogens with zero attached hydrogens (tertiary/aromatic N) is 1. The monoisotopic (exact) mass is 363 g/mol. The molecule has 0 aliphatic rings. The molecule has 19 heavy (non-hydrogen) atoms. The summed E-state index contributed by atoms with van der Waals surface area (Å²) < 4.78 is 20.1. The number of alkyl halides is 1. The lowest BCUT2D eigenvalue weighted by molar-refractivity contribution is 0.191. The highest BCUT2D eigenvalue weighted by atomic mass is 79.9. The van der Waals surface area contributed by atoms with Crippen LogP contribution in [-0.2, 0) is 5.88 Å². The molecular formula is C13H12BrClFNOS. The zero-order chi connectivity index (χ0) is 13.8. The van der Waals surface area contributed by atoms with E-state index >= 15 is 0 Å². The number of rotatable bonds is 5. The molecule has 1 aromatic heterocycles. The van der Waals surface area contributed by atoms with Gasteiger partial charge < -0.3 is 4.74 Å². The summed E-state index contributed by atoms with van der Waals surface area (Å²) in [6.07, 6.45) is 0.461. The van der Waals surface area contributed by atoms with Gasteiger partial charge in [0, 0.05) is 9.85 Å². The van der Waals surface area contributed by atoms with Gasteiger partial charge in [0.2, 0.25) is 0 Å². The zero-order valence-electron chi connectivity index (χ0n) is 10.2. The van der Waals surface area contributed by atoms with E-state index in [4.69, 9.17) is 16.3 Å². The molecule has 0 bridgehead atoms. The van der Waals surface area contributed by atoms with Gasteiger partial charge in [-0.3, -0.25) is 0 Å². The maximum Gasteiger partial charge on any atom is 0.166 e. The van der Waals surface area contributed by atoms with E-state index in [1.165, 1.54) is 17.4 Å². The molecule has 6 heteroatoms. The minimum Gasteiger partial charge on any atom is -0.480 e. The molecule has 0 radical (unpaired) electrons. The van der Waals surface area contributed by atoms with Crippen molar-refractivity contribution in [1.29, 1.82) is 0 Å². The van der Waals surface area contributed by atoms with Crippen molar-refractivity contribution >= 4 is 38.9 Å². The zero-order valence-corrected chi connectivity index (χ0v) is 13.4. The summed E-state index contributed by atoms with van der Waals surface area (Å²) in [4.78, 5) is 4.37. The summed E-state index contributed by atoms with van der Waals surface area (Å²) in [5.41, 5.74) is 0.819. The molecule has 2 rings (SSSR count). The van der Waals surface area contributed by atoms with Crippen molar-refractivity contribution in [2.75, 3.05) is 0 Å². The minimum absolute atomic E-state index is 0.234. The Bertz CT molecular complexity index is 563. The van der Waals surface area contributed by atoms with Crippen LogP contribution < -0.4 is 4.74 Å². The molecule has 0 aliphatic carbocycles. The summed E-state index contributed by atoms with van der Waals surface area (Å²) >= 11 is 10.4. The number of halogens is 3. The van der Waals surface area contributed by atoms with E-state index < -0.39 is 0 Å². The van der Waals surface area contributed by atoms with E-state index in [1.807, 2.05) is 12.3 Å². The van der Waals surface area contributed by atoms with E-state index in [9.17, 15) is 4.39 Å². The molecule has 1 aromatic carbocycles. The molecule has 0 fully saturated rings. The lowest BCUT2D eigenvalue weighted by Crippen LogP contribution is -2.07. The predicted octanol–water partition coefficient (Wildman–Crippen LogP) is 5.31. The van der Waals surface area contributed by atoms with Crippen molar-refractivity contribution in [2.45, 2.75) is 25.3 Å². The summed E-state index contributed by atoms with van der Waals surface area (Å²) in [5, 5.41) is 2.72. The van der Waals surface area contributed by atoms with Crippen LogP contribution in [0.15, 0.2) is 28.1 Å². The van der Waals surface area contributed by atoms with Crippen LogP contribution in [0.2, 0.25) is 0 Å². The Labute approximate surface area is 128 Å². The molecular weight excluding hydrogens is 353 g/mol. The first kappa shape index (κ1) is 14.8. The third-order valence-corrected chi connectivity index (χ3v) is 4.27. The molecule has 1 unspecified atom stereocenters. The molecule has 102 valence electrons. The number of hydrogen-bond acceptors (Lipinski definition) is 3. The van der Waals surface area contributed by atoms with Gasteiger partial charge >= 0.3 is 0 Å². The Balaban J connectivity index is 2.18. The lowest BCUT2D eigenvalue weighted by Gasteiger charge is -2.15. The van der Waals surface area contributed by atoms with Gasteiger partial charge in [0.25, 0.3) is 0 Å². The predicted molar refractivity (Wildman–Crippen MR) is 79.4 cm³/mol. The Morgan fingerprint density at radius 2 is 2.32 bits per heavy atom. The first-order chi connectivity index (χ1) is 9.13. The molecule has 0 spiro atoms. The van der Waals surface area contributed by atoms with Gasteiger partial charge in [-0.1, -0.05) is 22.9 Å². The highest BCUT2D eigenvalue weighted by Crippen LogP contribution is 2.30.